The highest BCUT2D eigenvalue weighted by Gasteiger charge is 2.41. The van der Waals surface area contributed by atoms with Crippen molar-refractivity contribution in [1.82, 2.24) is 0 Å². The molecular formula is C11H14ClF4NOSi. The summed E-state index contributed by atoms with van der Waals surface area (Å²) in [5.41, 5.74) is 3.90. The van der Waals surface area contributed by atoms with E-state index in [9.17, 15) is 22.4 Å². The van der Waals surface area contributed by atoms with Gasteiger partial charge in [-0.1, -0.05) is 24.8 Å². The van der Waals surface area contributed by atoms with Gasteiger partial charge in [-0.15, -0.1) is 12.4 Å². The van der Waals surface area contributed by atoms with Crippen LogP contribution in [0.1, 0.15) is 10.4 Å². The Kier molecular flexibility index (Phi) is 5.19. The second kappa shape index (κ2) is 5.50. The van der Waals surface area contributed by atoms with Crippen LogP contribution < -0.4 is 10.9 Å². The molecule has 1 rings (SSSR count). The number of benzene rings is 1. The number of rotatable bonds is 2. The number of hydrogen-bond donors (Lipinski definition) is 1. The van der Waals surface area contributed by atoms with Crippen molar-refractivity contribution in [3.63, 3.8) is 0 Å². The SMILES string of the molecule is C[Si](C)(C)c1cc(N)c(F)c(C(=O)C(F)(F)F)c1.Cl. The van der Waals surface area contributed by atoms with Crippen LogP contribution in [-0.2, 0) is 0 Å². The van der Waals surface area contributed by atoms with Gasteiger partial charge in [0.1, 0.15) is 0 Å². The minimum absolute atomic E-state index is 0. The fourth-order valence-corrected chi connectivity index (χ4v) is 2.56. The Labute approximate surface area is 115 Å². The maximum atomic E-state index is 13.5. The predicted octanol–water partition coefficient (Wildman–Crippen LogP) is 3.12. The number of hydrogen-bond acceptors (Lipinski definition) is 2. The predicted molar refractivity (Wildman–Crippen MR) is 71.4 cm³/mol. The number of ketones is 1. The molecule has 0 aliphatic rings. The lowest BCUT2D eigenvalue weighted by Gasteiger charge is -2.19. The van der Waals surface area contributed by atoms with Crippen molar-refractivity contribution in [1.29, 1.82) is 0 Å². The molecule has 0 aliphatic heterocycles. The molecule has 0 saturated heterocycles. The van der Waals surface area contributed by atoms with Crippen LogP contribution in [0.25, 0.3) is 0 Å². The van der Waals surface area contributed by atoms with Crippen molar-refractivity contribution in [2.75, 3.05) is 5.73 Å². The first-order valence-electron chi connectivity index (χ1n) is 5.15. The number of halogens is 5. The van der Waals surface area contributed by atoms with Gasteiger partial charge in [0.15, 0.2) is 5.82 Å². The van der Waals surface area contributed by atoms with Crippen LogP contribution in [0.3, 0.4) is 0 Å². The van der Waals surface area contributed by atoms with Gasteiger partial charge in [0.05, 0.1) is 19.3 Å². The quantitative estimate of drug-likeness (QED) is 0.394. The summed E-state index contributed by atoms with van der Waals surface area (Å²) in [6.45, 7) is 5.59. The number of nitrogen functional groups attached to an aromatic ring is 1. The second-order valence-electron chi connectivity index (χ2n) is 5.00. The van der Waals surface area contributed by atoms with Gasteiger partial charge in [-0.3, -0.25) is 4.79 Å². The lowest BCUT2D eigenvalue weighted by atomic mass is 10.1. The third kappa shape index (κ3) is 3.94. The fraction of sp³-hybridized carbons (Fsp3) is 0.364. The smallest absolute Gasteiger partial charge is 0.396 e. The van der Waals surface area contributed by atoms with Crippen molar-refractivity contribution in [2.24, 2.45) is 0 Å². The van der Waals surface area contributed by atoms with E-state index in [1.807, 2.05) is 19.6 Å². The van der Waals surface area contributed by atoms with Gasteiger partial charge < -0.3 is 5.73 Å². The molecule has 0 radical (unpaired) electrons. The monoisotopic (exact) mass is 315 g/mol. The average molecular weight is 316 g/mol. The summed E-state index contributed by atoms with van der Waals surface area (Å²) in [5.74, 6) is -3.51. The summed E-state index contributed by atoms with van der Waals surface area (Å²) < 4.78 is 50.5. The van der Waals surface area contributed by atoms with Crippen LogP contribution >= 0.6 is 12.4 Å². The molecule has 0 spiro atoms. The standard InChI is InChI=1S/C11H13F4NOSi.ClH/c1-18(2,3)6-4-7(9(12)8(16)5-6)10(17)11(13,14)15;/h4-5H,16H2,1-3H3;1H. The van der Waals surface area contributed by atoms with Gasteiger partial charge >= 0.3 is 6.18 Å². The summed E-state index contributed by atoms with van der Waals surface area (Å²) in [6, 6.07) is 2.27. The van der Waals surface area contributed by atoms with Crippen molar-refractivity contribution in [3.8, 4) is 0 Å². The summed E-state index contributed by atoms with van der Waals surface area (Å²) >= 11 is 0. The normalized spacial score (nSPS) is 11.9. The van der Waals surface area contributed by atoms with Gasteiger partial charge in [-0.2, -0.15) is 13.2 Å². The van der Waals surface area contributed by atoms with E-state index in [1.165, 1.54) is 6.07 Å². The number of carbonyl (C=O) groups excluding carboxylic acids is 1. The minimum atomic E-state index is -5.11. The molecular weight excluding hydrogens is 302 g/mol. The Hall–Kier alpha value is -1.08. The third-order valence-electron chi connectivity index (χ3n) is 2.47. The topological polar surface area (TPSA) is 43.1 Å². The van der Waals surface area contributed by atoms with E-state index < -0.39 is 37.1 Å². The van der Waals surface area contributed by atoms with E-state index in [0.29, 0.717) is 5.19 Å². The zero-order chi connectivity index (χ0) is 14.3. The van der Waals surface area contributed by atoms with Crippen LogP contribution in [0.4, 0.5) is 23.2 Å². The van der Waals surface area contributed by atoms with Crippen LogP contribution in [-0.4, -0.2) is 20.0 Å². The highest BCUT2D eigenvalue weighted by molar-refractivity contribution is 6.88. The molecule has 1 aromatic rings. The molecule has 0 heterocycles. The van der Waals surface area contributed by atoms with Crippen molar-refractivity contribution < 1.29 is 22.4 Å². The number of anilines is 1. The molecule has 0 fully saturated rings. The van der Waals surface area contributed by atoms with E-state index in [0.717, 1.165) is 6.07 Å². The van der Waals surface area contributed by atoms with Crippen LogP contribution in [0.15, 0.2) is 12.1 Å². The maximum Gasteiger partial charge on any atom is 0.454 e. The fourth-order valence-electron chi connectivity index (χ4n) is 1.40. The van der Waals surface area contributed by atoms with E-state index >= 15 is 0 Å². The molecule has 108 valence electrons. The molecule has 2 nitrogen and oxygen atoms in total. The van der Waals surface area contributed by atoms with Crippen LogP contribution in [0.2, 0.25) is 19.6 Å². The van der Waals surface area contributed by atoms with E-state index in [2.05, 4.69) is 0 Å². The molecule has 0 bridgehead atoms. The number of alkyl halides is 3. The van der Waals surface area contributed by atoms with Gasteiger partial charge in [0.25, 0.3) is 5.78 Å². The lowest BCUT2D eigenvalue weighted by Crippen LogP contribution is -2.39. The average Bonchev–Trinajstić information content (AvgIpc) is 2.17. The maximum absolute atomic E-state index is 13.5. The molecule has 8 heteroatoms. The summed E-state index contributed by atoms with van der Waals surface area (Å²) in [4.78, 5) is 11.1. The first-order chi connectivity index (χ1) is 7.94. The molecule has 0 unspecified atom stereocenters. The van der Waals surface area contributed by atoms with Crippen molar-refractivity contribution >= 4 is 37.1 Å². The molecule has 19 heavy (non-hydrogen) atoms. The first kappa shape index (κ1) is 17.9. The van der Waals surface area contributed by atoms with Crippen LogP contribution in [0, 0.1) is 5.82 Å². The largest absolute Gasteiger partial charge is 0.454 e. The third-order valence-corrected chi connectivity index (χ3v) is 4.49. The molecule has 0 saturated carbocycles. The molecule has 0 aliphatic carbocycles. The first-order valence-corrected chi connectivity index (χ1v) is 8.65. The molecule has 0 aromatic heterocycles. The van der Waals surface area contributed by atoms with E-state index in [-0.39, 0.29) is 12.4 Å². The van der Waals surface area contributed by atoms with Crippen LogP contribution in [0.5, 0.6) is 0 Å². The minimum Gasteiger partial charge on any atom is -0.396 e. The molecule has 2 N–H and O–H groups in total. The summed E-state index contributed by atoms with van der Waals surface area (Å²) in [5, 5.41) is 0.508. The van der Waals surface area contributed by atoms with Gasteiger partial charge in [0.2, 0.25) is 0 Å². The number of Topliss-reactive ketones (excluding diaryl/α,β-unsaturated/α-hetero) is 1. The van der Waals surface area contributed by atoms with E-state index in [4.69, 9.17) is 5.73 Å². The Morgan fingerprint density at radius 3 is 2.05 bits per heavy atom. The highest BCUT2D eigenvalue weighted by atomic mass is 35.5. The number of carbonyl (C=O) groups is 1. The van der Waals surface area contributed by atoms with Gasteiger partial charge in [0, 0.05) is 0 Å². The van der Waals surface area contributed by atoms with Crippen molar-refractivity contribution in [2.45, 2.75) is 25.8 Å². The van der Waals surface area contributed by atoms with Crippen molar-refractivity contribution in [3.05, 3.63) is 23.5 Å². The van der Waals surface area contributed by atoms with Gasteiger partial charge in [-0.05, 0) is 12.1 Å². The second-order valence-corrected chi connectivity index (χ2v) is 10.1. The lowest BCUT2D eigenvalue weighted by molar-refractivity contribution is -0.0887. The van der Waals surface area contributed by atoms with E-state index in [1.54, 1.807) is 0 Å². The Morgan fingerprint density at radius 2 is 1.68 bits per heavy atom. The number of nitrogens with two attached hydrogens (primary N) is 1. The van der Waals surface area contributed by atoms with Gasteiger partial charge in [-0.25, -0.2) is 4.39 Å². The highest BCUT2D eigenvalue weighted by Crippen LogP contribution is 2.25. The molecule has 0 amide bonds. The Balaban J connectivity index is 0.00000324. The Bertz CT molecular complexity index is 497. The zero-order valence-electron chi connectivity index (χ0n) is 10.6. The Morgan fingerprint density at radius 1 is 1.21 bits per heavy atom. The molecule has 0 atom stereocenters. The molecule has 1 aromatic carbocycles. The summed E-state index contributed by atoms with van der Waals surface area (Å²) in [7, 11) is -1.99. The summed E-state index contributed by atoms with van der Waals surface area (Å²) in [6.07, 6.45) is -5.11. The zero-order valence-corrected chi connectivity index (χ0v) is 12.4.